The quantitative estimate of drug-likeness (QED) is 0.746. The molecule has 1 aromatic heterocycles. The molecule has 1 aliphatic heterocycles. The van der Waals surface area contributed by atoms with E-state index < -0.39 is 5.97 Å². The minimum absolute atomic E-state index is 0.0389. The third-order valence-corrected chi connectivity index (χ3v) is 3.17. The maximum atomic E-state index is 11.6. The van der Waals surface area contributed by atoms with Gasteiger partial charge in [-0.25, -0.2) is 4.79 Å². The molecule has 0 aromatic carbocycles. The molecule has 2 rings (SSSR count). The van der Waals surface area contributed by atoms with Crippen LogP contribution in [0.3, 0.4) is 0 Å². The summed E-state index contributed by atoms with van der Waals surface area (Å²) < 4.78 is 9.53. The van der Waals surface area contributed by atoms with Gasteiger partial charge < -0.3 is 25.0 Å². The Bertz CT molecular complexity index is 432. The van der Waals surface area contributed by atoms with Crippen LogP contribution < -0.4 is 10.6 Å². The van der Waals surface area contributed by atoms with Crippen molar-refractivity contribution in [2.24, 2.45) is 5.92 Å². The summed E-state index contributed by atoms with van der Waals surface area (Å²) in [7, 11) is 1.28. The van der Waals surface area contributed by atoms with Crippen LogP contribution in [0.2, 0.25) is 0 Å². The smallest absolute Gasteiger partial charge is 0.347 e. The van der Waals surface area contributed by atoms with Crippen molar-refractivity contribution in [3.05, 3.63) is 5.56 Å². The van der Waals surface area contributed by atoms with E-state index in [0.717, 1.165) is 19.4 Å². The highest BCUT2D eigenvalue weighted by Crippen LogP contribution is 2.29. The molecule has 0 amide bonds. The summed E-state index contributed by atoms with van der Waals surface area (Å²) in [4.78, 5) is 13.5. The van der Waals surface area contributed by atoms with E-state index >= 15 is 0 Å². The van der Waals surface area contributed by atoms with Crippen LogP contribution >= 0.6 is 0 Å². The topological polar surface area (TPSA) is 102 Å². The van der Waals surface area contributed by atoms with Crippen molar-refractivity contribution in [2.75, 3.05) is 37.4 Å². The number of piperidine rings is 1. The zero-order valence-electron chi connectivity index (χ0n) is 10.3. The summed E-state index contributed by atoms with van der Waals surface area (Å²) in [5.41, 5.74) is 5.75. The molecule has 2 heterocycles. The van der Waals surface area contributed by atoms with E-state index in [0.29, 0.717) is 12.4 Å². The Kier molecular flexibility index (Phi) is 3.71. The molecular formula is C11H17N3O4. The van der Waals surface area contributed by atoms with Gasteiger partial charge >= 0.3 is 5.97 Å². The second kappa shape index (κ2) is 5.26. The number of esters is 1. The minimum Gasteiger partial charge on any atom is -0.465 e. The third-order valence-electron chi connectivity index (χ3n) is 3.17. The first kappa shape index (κ1) is 12.7. The molecule has 0 spiro atoms. The number of ether oxygens (including phenoxy) is 1. The predicted molar refractivity (Wildman–Crippen MR) is 64.3 cm³/mol. The molecule has 1 atom stereocenters. The van der Waals surface area contributed by atoms with Crippen molar-refractivity contribution in [3.63, 3.8) is 0 Å². The first-order valence-electron chi connectivity index (χ1n) is 5.86. The number of hydrogen-bond acceptors (Lipinski definition) is 7. The van der Waals surface area contributed by atoms with Crippen LogP contribution in [0.5, 0.6) is 0 Å². The fraction of sp³-hybridized carbons (Fsp3) is 0.636. The van der Waals surface area contributed by atoms with E-state index in [4.69, 9.17) is 10.3 Å². The summed E-state index contributed by atoms with van der Waals surface area (Å²) in [5.74, 6) is -0.0162. The van der Waals surface area contributed by atoms with Crippen LogP contribution in [0.15, 0.2) is 4.52 Å². The highest BCUT2D eigenvalue weighted by atomic mass is 16.5. The summed E-state index contributed by atoms with van der Waals surface area (Å²) in [6.45, 7) is 1.51. The van der Waals surface area contributed by atoms with E-state index in [1.54, 1.807) is 0 Å². The molecule has 0 aliphatic carbocycles. The van der Waals surface area contributed by atoms with Crippen LogP contribution in [0.4, 0.5) is 11.7 Å². The Morgan fingerprint density at radius 3 is 3.17 bits per heavy atom. The average Bonchev–Trinajstić information content (AvgIpc) is 2.80. The summed E-state index contributed by atoms with van der Waals surface area (Å²) >= 11 is 0. The molecule has 1 aromatic rings. The predicted octanol–water partition coefficient (Wildman–Crippen LogP) is 0.252. The molecule has 0 saturated carbocycles. The number of carbonyl (C=O) groups is 1. The molecule has 0 bridgehead atoms. The van der Waals surface area contributed by atoms with Crippen molar-refractivity contribution in [3.8, 4) is 0 Å². The van der Waals surface area contributed by atoms with Crippen LogP contribution in [0.25, 0.3) is 0 Å². The Morgan fingerprint density at radius 1 is 1.72 bits per heavy atom. The van der Waals surface area contributed by atoms with Gasteiger partial charge in [0.15, 0.2) is 11.4 Å². The van der Waals surface area contributed by atoms with Gasteiger partial charge in [-0.15, -0.1) is 0 Å². The van der Waals surface area contributed by atoms with Gasteiger partial charge in [-0.2, -0.15) is 0 Å². The van der Waals surface area contributed by atoms with E-state index in [1.807, 2.05) is 4.90 Å². The largest absolute Gasteiger partial charge is 0.465 e. The number of nitrogen functional groups attached to an aromatic ring is 1. The zero-order valence-corrected chi connectivity index (χ0v) is 10.3. The molecule has 100 valence electrons. The van der Waals surface area contributed by atoms with Gasteiger partial charge in [0.1, 0.15) is 0 Å². The SMILES string of the molecule is COC(=O)c1c(N2CCCC(CO)C2)noc1N. The lowest BCUT2D eigenvalue weighted by Crippen LogP contribution is -2.37. The lowest BCUT2D eigenvalue weighted by Gasteiger charge is -2.31. The first-order valence-corrected chi connectivity index (χ1v) is 5.86. The Morgan fingerprint density at radius 2 is 2.50 bits per heavy atom. The molecule has 7 nitrogen and oxygen atoms in total. The number of nitrogens with zero attached hydrogens (tertiary/aromatic N) is 2. The fourth-order valence-corrected chi connectivity index (χ4v) is 2.21. The highest BCUT2D eigenvalue weighted by Gasteiger charge is 2.29. The maximum Gasteiger partial charge on any atom is 0.347 e. The molecule has 1 fully saturated rings. The average molecular weight is 255 g/mol. The number of aromatic nitrogens is 1. The number of aliphatic hydroxyl groups is 1. The molecule has 18 heavy (non-hydrogen) atoms. The lowest BCUT2D eigenvalue weighted by atomic mass is 9.99. The molecule has 1 aliphatic rings. The van der Waals surface area contributed by atoms with Gasteiger partial charge in [0.25, 0.3) is 0 Å². The molecular weight excluding hydrogens is 238 g/mol. The van der Waals surface area contributed by atoms with Crippen molar-refractivity contribution in [1.29, 1.82) is 0 Å². The Labute approximate surface area is 104 Å². The third kappa shape index (κ3) is 2.26. The lowest BCUT2D eigenvalue weighted by molar-refractivity contribution is 0.0602. The van der Waals surface area contributed by atoms with Crippen LogP contribution in [0, 0.1) is 5.92 Å². The van der Waals surface area contributed by atoms with Crippen LogP contribution in [-0.4, -0.2) is 43.0 Å². The van der Waals surface area contributed by atoms with Crippen LogP contribution in [0.1, 0.15) is 23.2 Å². The number of rotatable bonds is 3. The second-order valence-corrected chi connectivity index (χ2v) is 4.37. The Hall–Kier alpha value is -1.76. The van der Waals surface area contributed by atoms with E-state index in [1.165, 1.54) is 7.11 Å². The monoisotopic (exact) mass is 255 g/mol. The zero-order chi connectivity index (χ0) is 13.1. The molecule has 1 saturated heterocycles. The summed E-state index contributed by atoms with van der Waals surface area (Å²) in [6.07, 6.45) is 1.90. The number of carbonyl (C=O) groups excluding carboxylic acids is 1. The normalized spacial score (nSPS) is 19.9. The summed E-state index contributed by atoms with van der Waals surface area (Å²) in [6, 6.07) is 0. The van der Waals surface area contributed by atoms with Crippen molar-refractivity contribution < 1.29 is 19.2 Å². The fourth-order valence-electron chi connectivity index (χ4n) is 2.21. The van der Waals surface area contributed by atoms with Crippen molar-refractivity contribution in [2.45, 2.75) is 12.8 Å². The molecule has 3 N–H and O–H groups in total. The number of hydrogen-bond donors (Lipinski definition) is 2. The van der Waals surface area contributed by atoms with Gasteiger partial charge in [-0.05, 0) is 18.8 Å². The van der Waals surface area contributed by atoms with Gasteiger partial charge in [-0.3, -0.25) is 0 Å². The number of methoxy groups -OCH3 is 1. The molecule has 1 unspecified atom stereocenters. The first-order chi connectivity index (χ1) is 8.67. The van der Waals surface area contributed by atoms with Crippen LogP contribution in [-0.2, 0) is 4.74 Å². The Balaban J connectivity index is 2.25. The van der Waals surface area contributed by atoms with Gasteiger partial charge in [0.2, 0.25) is 5.88 Å². The number of aliphatic hydroxyl groups excluding tert-OH is 1. The molecule has 0 radical (unpaired) electrons. The number of anilines is 2. The van der Waals surface area contributed by atoms with Crippen molar-refractivity contribution in [1.82, 2.24) is 5.16 Å². The number of nitrogens with two attached hydrogens (primary N) is 1. The van der Waals surface area contributed by atoms with E-state index in [2.05, 4.69) is 9.89 Å². The van der Waals surface area contributed by atoms with E-state index in [-0.39, 0.29) is 24.0 Å². The van der Waals surface area contributed by atoms with Gasteiger partial charge in [0.05, 0.1) is 7.11 Å². The van der Waals surface area contributed by atoms with E-state index in [9.17, 15) is 9.90 Å². The maximum absolute atomic E-state index is 11.6. The molecule has 7 heteroatoms. The standard InChI is InChI=1S/C11H17N3O4/c1-17-11(16)8-9(12)18-13-10(8)14-4-2-3-7(5-14)6-15/h7,15H,2-6,12H2,1H3. The highest BCUT2D eigenvalue weighted by molar-refractivity contribution is 5.99. The van der Waals surface area contributed by atoms with Crippen molar-refractivity contribution >= 4 is 17.7 Å². The van der Waals surface area contributed by atoms with Gasteiger partial charge in [0, 0.05) is 19.7 Å². The van der Waals surface area contributed by atoms with Gasteiger partial charge in [-0.1, -0.05) is 5.16 Å². The minimum atomic E-state index is -0.560. The second-order valence-electron chi connectivity index (χ2n) is 4.37. The summed E-state index contributed by atoms with van der Waals surface area (Å²) in [5, 5.41) is 13.0.